The number of rotatable bonds is 9. The maximum absolute atomic E-state index is 13.2. The molecule has 4 rings (SSSR count). The van der Waals surface area contributed by atoms with Gasteiger partial charge < -0.3 is 14.7 Å². The topological polar surface area (TPSA) is 95.9 Å². The Hall–Kier alpha value is -2.41. The predicted molar refractivity (Wildman–Crippen MR) is 112 cm³/mol. The maximum Gasteiger partial charge on any atom is 0.326 e. The van der Waals surface area contributed by atoms with E-state index in [9.17, 15) is 19.5 Å². The number of piperidine rings is 2. The third-order valence-electron chi connectivity index (χ3n) is 6.35. The molecular formula is C23H32N2O5. The fourth-order valence-electron chi connectivity index (χ4n) is 4.85. The van der Waals surface area contributed by atoms with Gasteiger partial charge in [0.25, 0.3) is 0 Å². The zero-order valence-corrected chi connectivity index (χ0v) is 17.8. The molecule has 0 spiro atoms. The van der Waals surface area contributed by atoms with E-state index >= 15 is 0 Å². The van der Waals surface area contributed by atoms with Gasteiger partial charge in [0.1, 0.15) is 12.1 Å². The van der Waals surface area contributed by atoms with E-state index in [1.807, 2.05) is 30.3 Å². The number of aryl methyl sites for hydroxylation is 1. The van der Waals surface area contributed by atoms with Crippen molar-refractivity contribution in [2.75, 3.05) is 6.61 Å². The lowest BCUT2D eigenvalue weighted by molar-refractivity contribution is -0.164. The highest BCUT2D eigenvalue weighted by molar-refractivity contribution is 5.88. The number of ether oxygens (including phenoxy) is 1. The van der Waals surface area contributed by atoms with Crippen LogP contribution in [0.25, 0.3) is 0 Å². The molecule has 2 saturated heterocycles. The molecule has 3 fully saturated rings. The number of aliphatic carboxylic acids is 1. The number of nitrogens with zero attached hydrogens (tertiary/aromatic N) is 1. The summed E-state index contributed by atoms with van der Waals surface area (Å²) in [5, 5.41) is 12.9. The summed E-state index contributed by atoms with van der Waals surface area (Å²) < 4.78 is 5.21. The van der Waals surface area contributed by atoms with Crippen LogP contribution in [0.4, 0.5) is 0 Å². The van der Waals surface area contributed by atoms with Gasteiger partial charge in [0.05, 0.1) is 12.6 Å². The van der Waals surface area contributed by atoms with Gasteiger partial charge >= 0.3 is 11.9 Å². The Morgan fingerprint density at radius 1 is 1.17 bits per heavy atom. The second-order valence-corrected chi connectivity index (χ2v) is 8.31. The minimum atomic E-state index is -0.934. The first-order valence-electron chi connectivity index (χ1n) is 10.9. The largest absolute Gasteiger partial charge is 0.480 e. The van der Waals surface area contributed by atoms with Crippen LogP contribution >= 0.6 is 0 Å². The summed E-state index contributed by atoms with van der Waals surface area (Å²) in [5.41, 5.74) is 1.10. The van der Waals surface area contributed by atoms with Crippen LogP contribution < -0.4 is 5.32 Å². The van der Waals surface area contributed by atoms with Gasteiger partial charge in [-0.1, -0.05) is 30.3 Å². The van der Waals surface area contributed by atoms with E-state index < -0.39 is 24.1 Å². The monoisotopic (exact) mass is 416 g/mol. The minimum Gasteiger partial charge on any atom is -0.480 e. The predicted octanol–water partition coefficient (Wildman–Crippen LogP) is 2.38. The summed E-state index contributed by atoms with van der Waals surface area (Å²) in [6.07, 6.45) is 4.58. The lowest BCUT2D eigenvalue weighted by Crippen LogP contribution is -2.64. The molecule has 2 aliphatic heterocycles. The number of nitrogens with one attached hydrogen (secondary N) is 1. The van der Waals surface area contributed by atoms with Gasteiger partial charge in [0, 0.05) is 6.04 Å². The lowest BCUT2D eigenvalue weighted by Gasteiger charge is -2.50. The molecule has 2 bridgehead atoms. The molecule has 0 radical (unpaired) electrons. The van der Waals surface area contributed by atoms with E-state index in [0.29, 0.717) is 12.8 Å². The van der Waals surface area contributed by atoms with E-state index in [1.165, 1.54) is 0 Å². The Labute approximate surface area is 177 Å². The summed E-state index contributed by atoms with van der Waals surface area (Å²) >= 11 is 0. The van der Waals surface area contributed by atoms with E-state index in [1.54, 1.807) is 18.7 Å². The van der Waals surface area contributed by atoms with Crippen molar-refractivity contribution in [1.82, 2.24) is 10.2 Å². The van der Waals surface area contributed by atoms with Gasteiger partial charge in [-0.3, -0.25) is 14.9 Å². The number of carboxylic acids is 1. The Kier molecular flexibility index (Phi) is 7.48. The molecule has 30 heavy (non-hydrogen) atoms. The Bertz CT molecular complexity index is 745. The van der Waals surface area contributed by atoms with Gasteiger partial charge in [0.2, 0.25) is 5.91 Å². The van der Waals surface area contributed by atoms with Crippen LogP contribution in [0.3, 0.4) is 0 Å². The molecule has 1 aliphatic carbocycles. The van der Waals surface area contributed by atoms with Crippen LogP contribution in [-0.2, 0) is 25.5 Å². The summed E-state index contributed by atoms with van der Waals surface area (Å²) in [5.74, 6) is -1.55. The van der Waals surface area contributed by atoms with Crippen LogP contribution in [0.15, 0.2) is 30.3 Å². The average molecular weight is 417 g/mol. The highest BCUT2D eigenvalue weighted by Crippen LogP contribution is 2.40. The third-order valence-corrected chi connectivity index (χ3v) is 6.35. The zero-order valence-electron chi connectivity index (χ0n) is 17.8. The smallest absolute Gasteiger partial charge is 0.326 e. The number of carbonyl (C=O) groups is 3. The molecule has 2 heterocycles. The Morgan fingerprint density at radius 2 is 1.83 bits per heavy atom. The number of carbonyl (C=O) groups excluding carboxylic acids is 2. The number of hydrogen-bond donors (Lipinski definition) is 2. The molecule has 1 amide bonds. The minimum absolute atomic E-state index is 0.0163. The molecule has 164 valence electrons. The first kappa shape index (κ1) is 22.3. The van der Waals surface area contributed by atoms with Crippen molar-refractivity contribution in [2.45, 2.75) is 76.5 Å². The molecule has 7 heteroatoms. The highest BCUT2D eigenvalue weighted by atomic mass is 16.5. The molecule has 3 aliphatic rings. The molecular weight excluding hydrogens is 384 g/mol. The highest BCUT2D eigenvalue weighted by Gasteiger charge is 2.48. The summed E-state index contributed by atoms with van der Waals surface area (Å²) in [6, 6.07) is 7.74. The fraction of sp³-hybridized carbons (Fsp3) is 0.609. The van der Waals surface area contributed by atoms with Crippen molar-refractivity contribution in [3.8, 4) is 0 Å². The zero-order chi connectivity index (χ0) is 21.7. The molecule has 0 aromatic heterocycles. The van der Waals surface area contributed by atoms with Crippen LogP contribution in [0.5, 0.6) is 0 Å². The number of amides is 1. The van der Waals surface area contributed by atoms with Gasteiger partial charge in [0.15, 0.2) is 0 Å². The Balaban J connectivity index is 1.69. The molecule has 1 saturated carbocycles. The summed E-state index contributed by atoms with van der Waals surface area (Å²) in [4.78, 5) is 39.2. The molecule has 3 unspecified atom stereocenters. The summed E-state index contributed by atoms with van der Waals surface area (Å²) in [7, 11) is 0. The van der Waals surface area contributed by atoms with Crippen molar-refractivity contribution in [3.63, 3.8) is 0 Å². The van der Waals surface area contributed by atoms with Crippen LogP contribution in [0.2, 0.25) is 0 Å². The van der Waals surface area contributed by atoms with E-state index in [-0.39, 0.29) is 30.4 Å². The molecule has 7 nitrogen and oxygen atoms in total. The van der Waals surface area contributed by atoms with Crippen molar-refractivity contribution in [1.29, 1.82) is 0 Å². The summed E-state index contributed by atoms with van der Waals surface area (Å²) in [6.45, 7) is 3.72. The van der Waals surface area contributed by atoms with Gasteiger partial charge in [-0.05, 0) is 63.9 Å². The van der Waals surface area contributed by atoms with E-state index in [4.69, 9.17) is 4.74 Å². The number of benzene rings is 1. The number of fused-ring (bicyclic) bond motifs is 3. The standard InChI is InChI=1S/C23H32N2O5/c1-3-30-23(29)19(14-9-16-7-5-4-6-8-16)24-15(2)21(26)25-18-12-10-17(11-13-18)20(25)22(27)28/h4-8,15,17-20,24H,3,9-14H2,1-2H3,(H,27,28). The van der Waals surface area contributed by atoms with E-state index in [2.05, 4.69) is 5.32 Å². The second kappa shape index (κ2) is 10.1. The lowest BCUT2D eigenvalue weighted by atomic mass is 9.74. The normalized spacial score (nSPS) is 24.9. The van der Waals surface area contributed by atoms with Crippen molar-refractivity contribution in [3.05, 3.63) is 35.9 Å². The number of hydrogen-bond acceptors (Lipinski definition) is 5. The maximum atomic E-state index is 13.2. The molecule has 2 N–H and O–H groups in total. The quantitative estimate of drug-likeness (QED) is 0.600. The SMILES string of the molecule is CCOC(=O)C(CCc1ccccc1)NC(C)C(=O)N1C2CCC(CC2)C1C(=O)O. The van der Waals surface area contributed by atoms with Crippen molar-refractivity contribution < 1.29 is 24.2 Å². The van der Waals surface area contributed by atoms with E-state index in [0.717, 1.165) is 31.2 Å². The van der Waals surface area contributed by atoms with Crippen molar-refractivity contribution >= 4 is 17.8 Å². The van der Waals surface area contributed by atoms with Gasteiger partial charge in [-0.2, -0.15) is 0 Å². The molecule has 1 aromatic rings. The fourth-order valence-corrected chi connectivity index (χ4v) is 4.85. The van der Waals surface area contributed by atoms with Crippen molar-refractivity contribution in [2.24, 2.45) is 5.92 Å². The molecule has 3 atom stereocenters. The van der Waals surface area contributed by atoms with Gasteiger partial charge in [-0.25, -0.2) is 4.79 Å². The van der Waals surface area contributed by atoms with Gasteiger partial charge in [-0.15, -0.1) is 0 Å². The Morgan fingerprint density at radius 3 is 2.43 bits per heavy atom. The third kappa shape index (κ3) is 5.01. The van der Waals surface area contributed by atoms with Crippen LogP contribution in [0, 0.1) is 5.92 Å². The average Bonchev–Trinajstić information content (AvgIpc) is 2.76. The first-order chi connectivity index (χ1) is 14.4. The first-order valence-corrected chi connectivity index (χ1v) is 10.9. The van der Waals surface area contributed by atoms with Crippen LogP contribution in [0.1, 0.15) is 51.5 Å². The molecule has 1 aromatic carbocycles. The van der Waals surface area contributed by atoms with Crippen LogP contribution in [-0.4, -0.2) is 58.6 Å². The number of esters is 1. The number of carboxylic acid groups (broad SMARTS) is 1. The second-order valence-electron chi connectivity index (χ2n) is 8.31.